The van der Waals surface area contributed by atoms with Crippen LogP contribution in [0, 0.1) is 13.8 Å². The van der Waals surface area contributed by atoms with Gasteiger partial charge in [-0.3, -0.25) is 14.9 Å². The number of aromatic nitrogens is 3. The summed E-state index contributed by atoms with van der Waals surface area (Å²) in [7, 11) is 0. The van der Waals surface area contributed by atoms with E-state index in [2.05, 4.69) is 34.3 Å². The summed E-state index contributed by atoms with van der Waals surface area (Å²) < 4.78 is 0. The average Bonchev–Trinajstić information content (AvgIpc) is 2.84. The van der Waals surface area contributed by atoms with E-state index in [1.165, 1.54) is 5.56 Å². The molecule has 118 valence electrons. The van der Waals surface area contributed by atoms with E-state index in [-0.39, 0.29) is 17.7 Å². The number of rotatable bonds is 6. The zero-order chi connectivity index (χ0) is 16.1. The molecule has 0 aromatic carbocycles. The molecule has 2 rings (SSSR count). The molecule has 5 nitrogen and oxygen atoms in total. The van der Waals surface area contributed by atoms with Crippen LogP contribution < -0.4 is 5.32 Å². The van der Waals surface area contributed by atoms with Gasteiger partial charge in [-0.1, -0.05) is 13.8 Å². The van der Waals surface area contributed by atoms with Gasteiger partial charge in [0.25, 0.3) is 0 Å². The first-order valence-corrected chi connectivity index (χ1v) is 7.67. The lowest BCUT2D eigenvalue weighted by molar-refractivity contribution is -0.121. The first-order valence-electron chi connectivity index (χ1n) is 7.67. The Kier molecular flexibility index (Phi) is 5.31. The van der Waals surface area contributed by atoms with Gasteiger partial charge in [0, 0.05) is 31.1 Å². The van der Waals surface area contributed by atoms with Gasteiger partial charge in [0.1, 0.15) is 0 Å². The minimum absolute atomic E-state index is 0.0772. The highest BCUT2D eigenvalue weighted by atomic mass is 16.1. The third kappa shape index (κ3) is 3.93. The predicted octanol–water partition coefficient (Wildman–Crippen LogP) is 2.84. The van der Waals surface area contributed by atoms with Gasteiger partial charge in [0.15, 0.2) is 0 Å². The summed E-state index contributed by atoms with van der Waals surface area (Å²) in [6, 6.07) is 3.97. The van der Waals surface area contributed by atoms with Crippen molar-refractivity contribution in [3.05, 3.63) is 47.0 Å². The molecule has 2 aromatic heterocycles. The van der Waals surface area contributed by atoms with E-state index in [1.807, 2.05) is 26.0 Å². The summed E-state index contributed by atoms with van der Waals surface area (Å²) in [5, 5.41) is 10.2. The second-order valence-corrected chi connectivity index (χ2v) is 5.94. The van der Waals surface area contributed by atoms with E-state index in [1.54, 1.807) is 12.4 Å². The zero-order valence-electron chi connectivity index (χ0n) is 13.7. The highest BCUT2D eigenvalue weighted by Gasteiger charge is 2.18. The Hall–Kier alpha value is -2.17. The summed E-state index contributed by atoms with van der Waals surface area (Å²) >= 11 is 0. The lowest BCUT2D eigenvalue weighted by atomic mass is 9.95. The number of carbonyl (C=O) groups is 1. The molecule has 0 unspecified atom stereocenters. The van der Waals surface area contributed by atoms with Crippen LogP contribution in [-0.2, 0) is 4.79 Å². The molecule has 1 amide bonds. The van der Waals surface area contributed by atoms with Crippen molar-refractivity contribution < 1.29 is 4.79 Å². The topological polar surface area (TPSA) is 70.7 Å². The van der Waals surface area contributed by atoms with E-state index in [0.717, 1.165) is 17.0 Å². The van der Waals surface area contributed by atoms with Crippen LogP contribution in [0.25, 0.3) is 0 Å². The molecule has 0 aliphatic carbocycles. The number of nitrogens with one attached hydrogen (secondary N) is 2. The van der Waals surface area contributed by atoms with Gasteiger partial charge in [-0.05, 0) is 48.9 Å². The first kappa shape index (κ1) is 16.2. The van der Waals surface area contributed by atoms with Gasteiger partial charge in [0.2, 0.25) is 5.91 Å². The lowest BCUT2D eigenvalue weighted by Gasteiger charge is -2.15. The lowest BCUT2D eigenvalue weighted by Crippen LogP contribution is -2.28. The fourth-order valence-electron chi connectivity index (χ4n) is 2.81. The molecular formula is C17H24N4O. The molecular weight excluding hydrogens is 276 g/mol. The monoisotopic (exact) mass is 300 g/mol. The second kappa shape index (κ2) is 7.20. The zero-order valence-corrected chi connectivity index (χ0v) is 13.7. The Morgan fingerprint density at radius 1 is 1.23 bits per heavy atom. The second-order valence-electron chi connectivity index (χ2n) is 5.94. The fourth-order valence-corrected chi connectivity index (χ4v) is 2.81. The molecule has 0 fully saturated rings. The largest absolute Gasteiger partial charge is 0.355 e. The summed E-state index contributed by atoms with van der Waals surface area (Å²) in [4.78, 5) is 16.2. The number of hydrogen-bond donors (Lipinski definition) is 2. The van der Waals surface area contributed by atoms with Crippen molar-refractivity contribution in [3.63, 3.8) is 0 Å². The van der Waals surface area contributed by atoms with Gasteiger partial charge in [-0.15, -0.1) is 0 Å². The smallest absolute Gasteiger partial charge is 0.220 e. The van der Waals surface area contributed by atoms with Crippen LogP contribution in [0.5, 0.6) is 0 Å². The molecule has 0 aliphatic heterocycles. The van der Waals surface area contributed by atoms with Crippen LogP contribution in [0.2, 0.25) is 0 Å². The number of amides is 1. The van der Waals surface area contributed by atoms with Crippen molar-refractivity contribution >= 4 is 5.91 Å². The number of hydrogen-bond acceptors (Lipinski definition) is 3. The third-order valence-electron chi connectivity index (χ3n) is 4.05. The third-order valence-corrected chi connectivity index (χ3v) is 4.05. The number of H-pyrrole nitrogens is 1. The van der Waals surface area contributed by atoms with Crippen molar-refractivity contribution in [1.29, 1.82) is 0 Å². The van der Waals surface area contributed by atoms with Gasteiger partial charge >= 0.3 is 0 Å². The first-order chi connectivity index (χ1) is 10.5. The predicted molar refractivity (Wildman–Crippen MR) is 86.8 cm³/mol. The molecule has 0 bridgehead atoms. The molecule has 0 radical (unpaired) electrons. The van der Waals surface area contributed by atoms with Crippen molar-refractivity contribution in [2.75, 3.05) is 6.54 Å². The van der Waals surface area contributed by atoms with Gasteiger partial charge in [0.05, 0.1) is 5.69 Å². The van der Waals surface area contributed by atoms with Crippen LogP contribution in [0.3, 0.4) is 0 Å². The maximum absolute atomic E-state index is 12.2. The van der Waals surface area contributed by atoms with Crippen molar-refractivity contribution in [2.24, 2.45) is 0 Å². The Bertz CT molecular complexity index is 601. The molecule has 2 aromatic rings. The summed E-state index contributed by atoms with van der Waals surface area (Å²) in [5.74, 6) is 0.517. The standard InChI is InChI=1S/C17H24N4O/c1-11(17-13(3)20-21-14(17)4)9-16(22)19-10-12(2)15-5-7-18-8-6-15/h5-8,11-12H,9-10H2,1-4H3,(H,19,22)(H,20,21)/t11-,12+/m1/s1. The fraction of sp³-hybridized carbons (Fsp3) is 0.471. The number of nitrogens with zero attached hydrogens (tertiary/aromatic N) is 2. The van der Waals surface area contributed by atoms with Crippen molar-refractivity contribution in [2.45, 2.75) is 46.0 Å². The maximum atomic E-state index is 12.2. The molecule has 0 spiro atoms. The molecule has 2 heterocycles. The molecule has 5 heteroatoms. The number of aromatic amines is 1. The van der Waals surface area contributed by atoms with Crippen LogP contribution in [-0.4, -0.2) is 27.6 Å². The molecule has 22 heavy (non-hydrogen) atoms. The van der Waals surface area contributed by atoms with E-state index in [4.69, 9.17) is 0 Å². The van der Waals surface area contributed by atoms with E-state index in [0.29, 0.717) is 13.0 Å². The Balaban J connectivity index is 1.86. The highest BCUT2D eigenvalue weighted by Crippen LogP contribution is 2.24. The van der Waals surface area contributed by atoms with E-state index in [9.17, 15) is 4.79 Å². The van der Waals surface area contributed by atoms with Crippen LogP contribution in [0.4, 0.5) is 0 Å². The number of pyridine rings is 1. The minimum Gasteiger partial charge on any atom is -0.355 e. The molecule has 2 atom stereocenters. The summed E-state index contributed by atoms with van der Waals surface area (Å²) in [6.45, 7) is 8.77. The molecule has 0 saturated heterocycles. The molecule has 0 saturated carbocycles. The highest BCUT2D eigenvalue weighted by molar-refractivity contribution is 5.77. The van der Waals surface area contributed by atoms with Crippen molar-refractivity contribution in [1.82, 2.24) is 20.5 Å². The molecule has 0 aliphatic rings. The summed E-state index contributed by atoms with van der Waals surface area (Å²) in [5.41, 5.74) is 4.35. The minimum atomic E-state index is 0.0772. The van der Waals surface area contributed by atoms with Crippen LogP contribution in [0.1, 0.15) is 54.6 Å². The normalized spacial score (nSPS) is 13.6. The quantitative estimate of drug-likeness (QED) is 0.861. The van der Waals surface area contributed by atoms with Gasteiger partial charge in [-0.2, -0.15) is 5.10 Å². The van der Waals surface area contributed by atoms with E-state index < -0.39 is 0 Å². The SMILES string of the molecule is Cc1n[nH]c(C)c1[C@H](C)CC(=O)NC[C@H](C)c1ccncc1. The molecule has 2 N–H and O–H groups in total. The summed E-state index contributed by atoms with van der Waals surface area (Å²) in [6.07, 6.45) is 4.03. The van der Waals surface area contributed by atoms with Crippen LogP contribution in [0.15, 0.2) is 24.5 Å². The Morgan fingerprint density at radius 2 is 1.91 bits per heavy atom. The van der Waals surface area contributed by atoms with Crippen molar-refractivity contribution in [3.8, 4) is 0 Å². The Morgan fingerprint density at radius 3 is 2.50 bits per heavy atom. The maximum Gasteiger partial charge on any atom is 0.220 e. The van der Waals surface area contributed by atoms with E-state index >= 15 is 0 Å². The van der Waals surface area contributed by atoms with Gasteiger partial charge < -0.3 is 5.32 Å². The average molecular weight is 300 g/mol. The van der Waals surface area contributed by atoms with Crippen LogP contribution >= 0.6 is 0 Å². The number of carbonyl (C=O) groups excluding carboxylic acids is 1. The van der Waals surface area contributed by atoms with Gasteiger partial charge in [-0.25, -0.2) is 0 Å². The number of aryl methyl sites for hydroxylation is 2. The Labute approximate surface area is 131 Å².